The predicted molar refractivity (Wildman–Crippen MR) is 231 cm³/mol. The third-order valence-corrected chi connectivity index (χ3v) is 11.0. The number of benzene rings is 9. The maximum atomic E-state index is 5.19. The van der Waals surface area contributed by atoms with Crippen molar-refractivity contribution >= 4 is 54.1 Å². The van der Waals surface area contributed by atoms with Crippen LogP contribution in [0.1, 0.15) is 0 Å². The Morgan fingerprint density at radius 2 is 0.800 bits per heavy atom. The molecule has 11 aromatic rings. The summed E-state index contributed by atoms with van der Waals surface area (Å²) in [7, 11) is 0. The second kappa shape index (κ2) is 12.6. The highest BCUT2D eigenvalue weighted by Gasteiger charge is 2.20. The van der Waals surface area contributed by atoms with Gasteiger partial charge in [0.15, 0.2) is 5.82 Å². The van der Waals surface area contributed by atoms with Gasteiger partial charge in [-0.2, -0.15) is 0 Å². The minimum Gasteiger partial charge on any atom is -0.309 e. The lowest BCUT2D eigenvalue weighted by Gasteiger charge is -2.13. The summed E-state index contributed by atoms with van der Waals surface area (Å²) in [5.74, 6) is 0.694. The highest BCUT2D eigenvalue weighted by molar-refractivity contribution is 6.33. The zero-order chi connectivity index (χ0) is 36.3. The van der Waals surface area contributed by atoms with Gasteiger partial charge in [0.2, 0.25) is 0 Å². The van der Waals surface area contributed by atoms with Crippen molar-refractivity contribution in [1.82, 2.24) is 14.5 Å². The van der Waals surface area contributed by atoms with Crippen LogP contribution in [0, 0.1) is 0 Å². The normalized spacial score (nSPS) is 11.6. The van der Waals surface area contributed by atoms with Crippen molar-refractivity contribution in [2.75, 3.05) is 0 Å². The molecule has 55 heavy (non-hydrogen) atoms. The number of fused-ring (bicyclic) bond motifs is 9. The molecule has 0 amide bonds. The van der Waals surface area contributed by atoms with Crippen LogP contribution in [-0.2, 0) is 0 Å². The Kier molecular flexibility index (Phi) is 7.17. The summed E-state index contributed by atoms with van der Waals surface area (Å²) in [5.41, 5.74) is 10.7. The molecule has 0 radical (unpaired) electrons. The fourth-order valence-corrected chi connectivity index (χ4v) is 8.33. The van der Waals surface area contributed by atoms with Crippen LogP contribution in [0.2, 0.25) is 0 Å². The monoisotopic (exact) mass is 699 g/mol. The summed E-state index contributed by atoms with van der Waals surface area (Å²) >= 11 is 0. The first-order valence-electron chi connectivity index (χ1n) is 18.7. The molecule has 11 rings (SSSR count). The molecule has 3 nitrogen and oxygen atoms in total. The summed E-state index contributed by atoms with van der Waals surface area (Å²) in [6.45, 7) is 0. The molecular formula is C52H33N3. The molecule has 3 heteroatoms. The largest absolute Gasteiger partial charge is 0.309 e. The van der Waals surface area contributed by atoms with E-state index >= 15 is 0 Å². The first-order valence-corrected chi connectivity index (χ1v) is 18.7. The van der Waals surface area contributed by atoms with Crippen molar-refractivity contribution in [3.8, 4) is 50.7 Å². The maximum absolute atomic E-state index is 5.19. The molecule has 256 valence electrons. The van der Waals surface area contributed by atoms with E-state index in [1.807, 2.05) is 12.1 Å². The smallest absolute Gasteiger partial charge is 0.160 e. The highest BCUT2D eigenvalue weighted by atomic mass is 15.0. The van der Waals surface area contributed by atoms with Crippen LogP contribution in [-0.4, -0.2) is 14.5 Å². The van der Waals surface area contributed by atoms with E-state index in [1.54, 1.807) is 0 Å². The second-order valence-corrected chi connectivity index (χ2v) is 14.2. The molecule has 9 aromatic carbocycles. The lowest BCUT2D eigenvalue weighted by molar-refractivity contribution is 1.17. The summed E-state index contributed by atoms with van der Waals surface area (Å²) in [6.07, 6.45) is 0. The first-order chi connectivity index (χ1) is 27.3. The van der Waals surface area contributed by atoms with E-state index in [-0.39, 0.29) is 0 Å². The van der Waals surface area contributed by atoms with Crippen LogP contribution < -0.4 is 0 Å². The molecule has 0 saturated heterocycles. The lowest BCUT2D eigenvalue weighted by Crippen LogP contribution is -1.98. The molecule has 0 aliphatic heterocycles. The Hall–Kier alpha value is -7.36. The van der Waals surface area contributed by atoms with Crippen molar-refractivity contribution in [2.24, 2.45) is 0 Å². The van der Waals surface area contributed by atoms with Gasteiger partial charge in [-0.25, -0.2) is 9.97 Å². The predicted octanol–water partition coefficient (Wildman–Crippen LogP) is 13.7. The number of nitrogens with zero attached hydrogens (tertiary/aromatic N) is 3. The van der Waals surface area contributed by atoms with Gasteiger partial charge in [-0.15, -0.1) is 0 Å². The minimum atomic E-state index is 0.694. The molecule has 0 bridgehead atoms. The number of hydrogen-bond donors (Lipinski definition) is 0. The number of aromatic nitrogens is 3. The topological polar surface area (TPSA) is 30.7 Å². The van der Waals surface area contributed by atoms with Crippen LogP contribution in [0.25, 0.3) is 105 Å². The Labute approximate surface area is 318 Å². The van der Waals surface area contributed by atoms with E-state index in [9.17, 15) is 0 Å². The average molecular weight is 700 g/mol. The van der Waals surface area contributed by atoms with Gasteiger partial charge in [-0.3, -0.25) is 0 Å². The van der Waals surface area contributed by atoms with Crippen molar-refractivity contribution in [1.29, 1.82) is 0 Å². The van der Waals surface area contributed by atoms with Gasteiger partial charge in [-0.05, 0) is 80.5 Å². The molecule has 0 fully saturated rings. The van der Waals surface area contributed by atoms with Crippen LogP contribution in [0.4, 0.5) is 0 Å². The standard InChI is InChI=1S/C52H33N3/c1-3-13-34(14-4-1)35-23-25-37(26-24-35)48-33-47(36-15-5-2-6-16-36)53-52(54-48)38-27-29-41(30-28-38)55-49-32-40-18-8-7-17-39(40)31-46(49)50-44-21-11-9-19-42(44)43-20-10-12-22-45(43)51(50)55/h1-33H. The van der Waals surface area contributed by atoms with Gasteiger partial charge in [0.1, 0.15) is 0 Å². The van der Waals surface area contributed by atoms with Crippen molar-refractivity contribution in [2.45, 2.75) is 0 Å². The van der Waals surface area contributed by atoms with Crippen molar-refractivity contribution < 1.29 is 0 Å². The molecule has 0 atom stereocenters. The summed E-state index contributed by atoms with van der Waals surface area (Å²) in [5, 5.41) is 10.0. The lowest BCUT2D eigenvalue weighted by atomic mass is 9.96. The second-order valence-electron chi connectivity index (χ2n) is 14.2. The van der Waals surface area contributed by atoms with E-state index in [0.717, 1.165) is 33.8 Å². The fourth-order valence-electron chi connectivity index (χ4n) is 8.33. The molecule has 0 saturated carbocycles. The maximum Gasteiger partial charge on any atom is 0.160 e. The third-order valence-electron chi connectivity index (χ3n) is 11.0. The van der Waals surface area contributed by atoms with Crippen LogP contribution in [0.15, 0.2) is 200 Å². The van der Waals surface area contributed by atoms with Gasteiger partial charge in [0.25, 0.3) is 0 Å². The van der Waals surface area contributed by atoms with E-state index in [0.29, 0.717) is 5.82 Å². The Morgan fingerprint density at radius 1 is 0.327 bits per heavy atom. The molecule has 0 aliphatic carbocycles. The van der Waals surface area contributed by atoms with E-state index in [1.165, 1.54) is 65.3 Å². The summed E-state index contributed by atoms with van der Waals surface area (Å²) in [4.78, 5) is 10.3. The fraction of sp³-hybridized carbons (Fsp3) is 0. The van der Waals surface area contributed by atoms with Crippen LogP contribution in [0.3, 0.4) is 0 Å². The summed E-state index contributed by atoms with van der Waals surface area (Å²) in [6, 6.07) is 71.4. The molecule has 0 aliphatic rings. The Balaban J connectivity index is 1.10. The average Bonchev–Trinajstić information content (AvgIpc) is 3.60. The van der Waals surface area contributed by atoms with Crippen molar-refractivity contribution in [3.05, 3.63) is 200 Å². The zero-order valence-corrected chi connectivity index (χ0v) is 29.9. The molecule has 0 N–H and O–H groups in total. The molecule has 0 spiro atoms. The van der Waals surface area contributed by atoms with Crippen LogP contribution in [0.5, 0.6) is 0 Å². The molecule has 0 unspecified atom stereocenters. The number of hydrogen-bond acceptors (Lipinski definition) is 2. The Bertz CT molecular complexity index is 3220. The van der Waals surface area contributed by atoms with E-state index in [2.05, 4.69) is 193 Å². The van der Waals surface area contributed by atoms with Gasteiger partial charge in [0.05, 0.1) is 22.4 Å². The van der Waals surface area contributed by atoms with E-state index < -0.39 is 0 Å². The van der Waals surface area contributed by atoms with Gasteiger partial charge >= 0.3 is 0 Å². The SMILES string of the molecule is c1ccc(-c2ccc(-c3cc(-c4ccccc4)nc(-c4ccc(-n5c6cc7ccccc7cc6c6c7ccccc7c7ccccc7c65)cc4)n3)cc2)cc1. The van der Waals surface area contributed by atoms with Gasteiger partial charge < -0.3 is 4.57 Å². The quantitative estimate of drug-likeness (QED) is 0.167. The first kappa shape index (κ1) is 31.2. The third kappa shape index (κ3) is 5.20. The number of rotatable bonds is 5. The highest BCUT2D eigenvalue weighted by Crippen LogP contribution is 2.43. The molecular weight excluding hydrogens is 667 g/mol. The van der Waals surface area contributed by atoms with E-state index in [4.69, 9.17) is 9.97 Å². The van der Waals surface area contributed by atoms with Gasteiger partial charge in [-0.1, -0.05) is 158 Å². The summed E-state index contributed by atoms with van der Waals surface area (Å²) < 4.78 is 2.45. The zero-order valence-electron chi connectivity index (χ0n) is 29.9. The molecule has 2 aromatic heterocycles. The van der Waals surface area contributed by atoms with Crippen LogP contribution >= 0.6 is 0 Å². The minimum absolute atomic E-state index is 0.694. The van der Waals surface area contributed by atoms with Crippen molar-refractivity contribution in [3.63, 3.8) is 0 Å². The Morgan fingerprint density at radius 3 is 1.47 bits per heavy atom. The van der Waals surface area contributed by atoms with Gasteiger partial charge in [0, 0.05) is 38.5 Å². The molecule has 2 heterocycles.